The SMILES string of the molecule is Cc1cccc(-c2nnc(I)s2)c1Cl. The van der Waals surface area contributed by atoms with Gasteiger partial charge in [-0.3, -0.25) is 0 Å². The predicted molar refractivity (Wildman–Crippen MR) is 67.8 cm³/mol. The quantitative estimate of drug-likeness (QED) is 0.741. The highest BCUT2D eigenvalue weighted by Crippen LogP contribution is 2.32. The number of hydrogen-bond acceptors (Lipinski definition) is 3. The van der Waals surface area contributed by atoms with Gasteiger partial charge in [-0.15, -0.1) is 10.2 Å². The van der Waals surface area contributed by atoms with Gasteiger partial charge in [-0.05, 0) is 35.1 Å². The van der Waals surface area contributed by atoms with Crippen molar-refractivity contribution in [2.45, 2.75) is 6.92 Å². The molecule has 0 amide bonds. The fourth-order valence-electron chi connectivity index (χ4n) is 1.13. The predicted octanol–water partition coefficient (Wildman–Crippen LogP) is 3.77. The first-order chi connectivity index (χ1) is 6.68. The van der Waals surface area contributed by atoms with Gasteiger partial charge in [-0.1, -0.05) is 41.1 Å². The Kier molecular flexibility index (Phi) is 3.04. The van der Waals surface area contributed by atoms with E-state index in [4.69, 9.17) is 11.6 Å². The number of halogens is 2. The molecule has 2 rings (SSSR count). The number of aromatic nitrogens is 2. The highest BCUT2D eigenvalue weighted by molar-refractivity contribution is 14.1. The van der Waals surface area contributed by atoms with Crippen LogP contribution in [0.3, 0.4) is 0 Å². The monoisotopic (exact) mass is 336 g/mol. The van der Waals surface area contributed by atoms with Crippen LogP contribution in [0, 0.1) is 9.94 Å². The van der Waals surface area contributed by atoms with E-state index in [-0.39, 0.29) is 0 Å². The lowest BCUT2D eigenvalue weighted by Gasteiger charge is -2.01. The lowest BCUT2D eigenvalue weighted by Crippen LogP contribution is -1.81. The Bertz CT molecular complexity index is 470. The maximum Gasteiger partial charge on any atom is 0.178 e. The molecule has 1 aromatic carbocycles. The van der Waals surface area contributed by atoms with E-state index in [2.05, 4.69) is 32.8 Å². The van der Waals surface area contributed by atoms with E-state index < -0.39 is 0 Å². The fourth-order valence-corrected chi connectivity index (χ4v) is 2.73. The molecule has 0 spiro atoms. The summed E-state index contributed by atoms with van der Waals surface area (Å²) in [5.74, 6) is 0. The van der Waals surface area contributed by atoms with Crippen molar-refractivity contribution in [1.82, 2.24) is 10.2 Å². The summed E-state index contributed by atoms with van der Waals surface area (Å²) in [6.07, 6.45) is 0. The molecule has 0 radical (unpaired) electrons. The zero-order valence-corrected chi connectivity index (χ0v) is 11.0. The molecule has 0 bridgehead atoms. The van der Waals surface area contributed by atoms with E-state index in [9.17, 15) is 0 Å². The van der Waals surface area contributed by atoms with Gasteiger partial charge in [0.1, 0.15) is 5.01 Å². The van der Waals surface area contributed by atoms with Gasteiger partial charge >= 0.3 is 0 Å². The first-order valence-corrected chi connectivity index (χ1v) is 6.20. The Balaban J connectivity index is 2.57. The summed E-state index contributed by atoms with van der Waals surface area (Å²) in [5, 5.41) is 9.67. The zero-order chi connectivity index (χ0) is 10.1. The molecule has 0 aliphatic rings. The summed E-state index contributed by atoms with van der Waals surface area (Å²) in [7, 11) is 0. The second-order valence-electron chi connectivity index (χ2n) is 2.80. The largest absolute Gasteiger partial charge is 0.178 e. The minimum Gasteiger partial charge on any atom is -0.137 e. The van der Waals surface area contributed by atoms with E-state index in [1.807, 2.05) is 25.1 Å². The van der Waals surface area contributed by atoms with Crippen molar-refractivity contribution in [2.75, 3.05) is 0 Å². The van der Waals surface area contributed by atoms with Gasteiger partial charge in [-0.2, -0.15) is 0 Å². The summed E-state index contributed by atoms with van der Waals surface area (Å²) >= 11 is 9.87. The summed E-state index contributed by atoms with van der Waals surface area (Å²) in [5.41, 5.74) is 2.03. The molecular weight excluding hydrogens is 331 g/mol. The molecule has 0 aliphatic heterocycles. The van der Waals surface area contributed by atoms with E-state index in [1.54, 1.807) is 11.3 Å². The van der Waals surface area contributed by atoms with E-state index in [0.29, 0.717) is 0 Å². The lowest BCUT2D eigenvalue weighted by molar-refractivity contribution is 1.07. The Hall–Kier alpha value is -0.200. The van der Waals surface area contributed by atoms with Crippen LogP contribution < -0.4 is 0 Å². The first-order valence-electron chi connectivity index (χ1n) is 3.93. The lowest BCUT2D eigenvalue weighted by atomic mass is 10.1. The average Bonchev–Trinajstić information content (AvgIpc) is 2.57. The maximum absolute atomic E-state index is 6.17. The van der Waals surface area contributed by atoms with Crippen LogP contribution in [0.4, 0.5) is 0 Å². The van der Waals surface area contributed by atoms with Gasteiger partial charge < -0.3 is 0 Å². The van der Waals surface area contributed by atoms with Crippen molar-refractivity contribution < 1.29 is 0 Å². The molecule has 14 heavy (non-hydrogen) atoms. The third-order valence-corrected chi connectivity index (χ3v) is 3.95. The minimum absolute atomic E-state index is 0.764. The van der Waals surface area contributed by atoms with Crippen LogP contribution in [0.15, 0.2) is 18.2 Å². The van der Waals surface area contributed by atoms with Crippen molar-refractivity contribution in [3.8, 4) is 10.6 Å². The molecule has 1 heterocycles. The second kappa shape index (κ2) is 4.12. The van der Waals surface area contributed by atoms with Crippen LogP contribution in [0.1, 0.15) is 5.56 Å². The summed E-state index contributed by atoms with van der Waals surface area (Å²) in [6, 6.07) is 5.93. The number of nitrogens with zero attached hydrogens (tertiary/aromatic N) is 2. The third-order valence-electron chi connectivity index (χ3n) is 1.82. The molecule has 0 unspecified atom stereocenters. The van der Waals surface area contributed by atoms with Gasteiger partial charge in [0.15, 0.2) is 3.01 Å². The molecule has 1 aromatic heterocycles. The molecule has 2 aromatic rings. The number of aryl methyl sites for hydroxylation is 1. The molecule has 0 saturated carbocycles. The Morgan fingerprint density at radius 3 is 2.79 bits per heavy atom. The standard InChI is InChI=1S/C9H6ClIN2S/c1-5-3-2-4-6(7(5)10)8-12-13-9(11)14-8/h2-4H,1H3. The van der Waals surface area contributed by atoms with Crippen molar-refractivity contribution in [3.05, 3.63) is 31.8 Å². The van der Waals surface area contributed by atoms with Gasteiger partial charge in [0.05, 0.1) is 5.02 Å². The van der Waals surface area contributed by atoms with Gasteiger partial charge in [0.25, 0.3) is 0 Å². The molecule has 72 valence electrons. The van der Waals surface area contributed by atoms with Crippen molar-refractivity contribution in [2.24, 2.45) is 0 Å². The highest BCUT2D eigenvalue weighted by atomic mass is 127. The van der Waals surface area contributed by atoms with E-state index >= 15 is 0 Å². The molecule has 0 aliphatic carbocycles. The summed E-state index contributed by atoms with van der Waals surface area (Å²) < 4.78 is 0.926. The van der Waals surface area contributed by atoms with Crippen molar-refractivity contribution in [1.29, 1.82) is 0 Å². The van der Waals surface area contributed by atoms with Crippen molar-refractivity contribution >= 4 is 45.5 Å². The average molecular weight is 337 g/mol. The van der Waals surface area contributed by atoms with Crippen molar-refractivity contribution in [3.63, 3.8) is 0 Å². The smallest absolute Gasteiger partial charge is 0.137 e. The number of rotatable bonds is 1. The fraction of sp³-hybridized carbons (Fsp3) is 0.111. The molecule has 0 saturated heterocycles. The van der Waals surface area contributed by atoms with Gasteiger partial charge in [0.2, 0.25) is 0 Å². The Morgan fingerprint density at radius 2 is 2.14 bits per heavy atom. The van der Waals surface area contributed by atoms with Crippen LogP contribution in [0.5, 0.6) is 0 Å². The van der Waals surface area contributed by atoms with E-state index in [0.717, 1.165) is 24.2 Å². The first kappa shape index (κ1) is 10.3. The van der Waals surface area contributed by atoms with Crippen LogP contribution >= 0.6 is 45.5 Å². The molecule has 0 atom stereocenters. The number of benzene rings is 1. The second-order valence-corrected chi connectivity index (χ2v) is 5.91. The molecule has 5 heteroatoms. The summed E-state index contributed by atoms with van der Waals surface area (Å²) in [6.45, 7) is 1.98. The Labute approximate surface area is 104 Å². The van der Waals surface area contributed by atoms with Crippen LogP contribution in [0.2, 0.25) is 5.02 Å². The van der Waals surface area contributed by atoms with E-state index in [1.165, 1.54) is 0 Å². The minimum atomic E-state index is 0.764. The van der Waals surface area contributed by atoms with Crippen LogP contribution in [-0.4, -0.2) is 10.2 Å². The highest BCUT2D eigenvalue weighted by Gasteiger charge is 2.09. The molecule has 2 nitrogen and oxygen atoms in total. The van der Waals surface area contributed by atoms with Gasteiger partial charge in [0, 0.05) is 5.56 Å². The number of hydrogen-bond donors (Lipinski definition) is 0. The van der Waals surface area contributed by atoms with Gasteiger partial charge in [-0.25, -0.2) is 0 Å². The maximum atomic E-state index is 6.17. The normalized spacial score (nSPS) is 10.5. The van der Waals surface area contributed by atoms with Crippen LogP contribution in [0.25, 0.3) is 10.6 Å². The topological polar surface area (TPSA) is 25.8 Å². The third kappa shape index (κ3) is 1.92. The van der Waals surface area contributed by atoms with Crippen LogP contribution in [-0.2, 0) is 0 Å². The molecule has 0 N–H and O–H groups in total. The zero-order valence-electron chi connectivity index (χ0n) is 7.29. The molecular formula is C9H6ClIN2S. The Morgan fingerprint density at radius 1 is 1.36 bits per heavy atom. The molecule has 0 fully saturated rings. The summed E-state index contributed by atoms with van der Waals surface area (Å²) in [4.78, 5) is 0.